The van der Waals surface area contributed by atoms with E-state index < -0.39 is 5.54 Å². The van der Waals surface area contributed by atoms with Crippen LogP contribution in [0.5, 0.6) is 0 Å². The number of aromatic nitrogens is 2. The van der Waals surface area contributed by atoms with E-state index in [1.165, 1.54) is 28.6 Å². The Labute approximate surface area is 178 Å². The fourth-order valence-electron chi connectivity index (χ4n) is 4.46. The first-order valence-electron chi connectivity index (χ1n) is 10.5. The Kier molecular flexibility index (Phi) is 5.98. The summed E-state index contributed by atoms with van der Waals surface area (Å²) < 4.78 is 1.68. The van der Waals surface area contributed by atoms with Gasteiger partial charge in [0.25, 0.3) is 5.56 Å². The average molecular weight is 431 g/mol. The van der Waals surface area contributed by atoms with Gasteiger partial charge in [-0.1, -0.05) is 31.0 Å². The van der Waals surface area contributed by atoms with Gasteiger partial charge in [0.05, 0.1) is 17.2 Å². The van der Waals surface area contributed by atoms with E-state index in [0.717, 1.165) is 48.7 Å². The number of amides is 1. The predicted octanol–water partition coefficient (Wildman–Crippen LogP) is 3.79. The molecule has 0 aromatic carbocycles. The number of thiophene rings is 1. The lowest BCUT2D eigenvalue weighted by Gasteiger charge is -2.31. The summed E-state index contributed by atoms with van der Waals surface area (Å²) in [7, 11) is 0. The number of hydrogen-bond acceptors (Lipinski definition) is 6. The van der Waals surface area contributed by atoms with Crippen molar-refractivity contribution in [2.45, 2.75) is 82.0 Å². The highest BCUT2D eigenvalue weighted by Gasteiger charge is 2.33. The van der Waals surface area contributed by atoms with E-state index in [9.17, 15) is 14.9 Å². The Morgan fingerprint density at radius 1 is 1.28 bits per heavy atom. The Bertz CT molecular complexity index is 1030. The van der Waals surface area contributed by atoms with Gasteiger partial charge in [-0.3, -0.25) is 14.2 Å². The Morgan fingerprint density at radius 3 is 2.76 bits per heavy atom. The number of fused-ring (bicyclic) bond motifs is 3. The number of carbonyl (C=O) groups is 1. The molecule has 154 valence electrons. The minimum Gasteiger partial charge on any atom is -0.337 e. The van der Waals surface area contributed by atoms with Crippen LogP contribution < -0.4 is 10.9 Å². The maximum Gasteiger partial charge on any atom is 0.263 e. The van der Waals surface area contributed by atoms with Crippen LogP contribution in [0.3, 0.4) is 0 Å². The molecule has 0 atom stereocenters. The lowest BCUT2D eigenvalue weighted by molar-refractivity contribution is -0.120. The summed E-state index contributed by atoms with van der Waals surface area (Å²) in [6, 6.07) is 2.32. The van der Waals surface area contributed by atoms with E-state index in [1.807, 2.05) is 6.92 Å². The highest BCUT2D eigenvalue weighted by molar-refractivity contribution is 7.99. The monoisotopic (exact) mass is 430 g/mol. The van der Waals surface area contributed by atoms with E-state index in [1.54, 1.807) is 15.9 Å². The van der Waals surface area contributed by atoms with Crippen molar-refractivity contribution in [3.05, 3.63) is 20.8 Å². The fourth-order valence-corrected chi connectivity index (χ4v) is 6.63. The number of aryl methyl sites for hydroxylation is 2. The molecule has 2 aliphatic rings. The molecular weight excluding hydrogens is 404 g/mol. The molecule has 0 bridgehead atoms. The molecule has 0 saturated heterocycles. The largest absolute Gasteiger partial charge is 0.337 e. The van der Waals surface area contributed by atoms with Gasteiger partial charge in [0.2, 0.25) is 5.91 Å². The third-order valence-electron chi connectivity index (χ3n) is 5.99. The van der Waals surface area contributed by atoms with Gasteiger partial charge in [-0.05, 0) is 51.0 Å². The summed E-state index contributed by atoms with van der Waals surface area (Å²) >= 11 is 2.92. The first-order chi connectivity index (χ1) is 14.1. The van der Waals surface area contributed by atoms with Crippen LogP contribution in [0, 0.1) is 11.3 Å². The molecule has 2 aromatic rings. The van der Waals surface area contributed by atoms with Crippen molar-refractivity contribution in [2.24, 2.45) is 0 Å². The van der Waals surface area contributed by atoms with Crippen LogP contribution in [0.2, 0.25) is 0 Å². The van der Waals surface area contributed by atoms with E-state index in [0.29, 0.717) is 24.5 Å². The highest BCUT2D eigenvalue weighted by Crippen LogP contribution is 2.34. The highest BCUT2D eigenvalue weighted by atomic mass is 32.2. The van der Waals surface area contributed by atoms with Crippen molar-refractivity contribution in [3.63, 3.8) is 0 Å². The van der Waals surface area contributed by atoms with Gasteiger partial charge in [0.1, 0.15) is 10.4 Å². The maximum atomic E-state index is 13.1. The topological polar surface area (TPSA) is 87.8 Å². The van der Waals surface area contributed by atoms with Crippen molar-refractivity contribution in [1.82, 2.24) is 14.9 Å². The van der Waals surface area contributed by atoms with E-state index in [4.69, 9.17) is 4.98 Å². The number of rotatable bonds is 5. The molecule has 4 rings (SSSR count). The van der Waals surface area contributed by atoms with Crippen LogP contribution in [0.15, 0.2) is 9.95 Å². The first-order valence-corrected chi connectivity index (χ1v) is 12.3. The molecule has 2 aromatic heterocycles. The third kappa shape index (κ3) is 3.95. The minimum atomic E-state index is -0.732. The smallest absolute Gasteiger partial charge is 0.263 e. The zero-order valence-electron chi connectivity index (χ0n) is 16.8. The predicted molar refractivity (Wildman–Crippen MR) is 116 cm³/mol. The molecule has 6 nitrogen and oxygen atoms in total. The van der Waals surface area contributed by atoms with Crippen LogP contribution in [0.25, 0.3) is 10.2 Å². The van der Waals surface area contributed by atoms with Crippen molar-refractivity contribution >= 4 is 39.2 Å². The lowest BCUT2D eigenvalue weighted by atomic mass is 9.83. The molecule has 0 spiro atoms. The van der Waals surface area contributed by atoms with E-state index >= 15 is 0 Å². The van der Waals surface area contributed by atoms with Crippen molar-refractivity contribution < 1.29 is 4.79 Å². The van der Waals surface area contributed by atoms with Crippen LogP contribution in [0.4, 0.5) is 0 Å². The molecule has 2 aliphatic carbocycles. The molecule has 1 amide bonds. The van der Waals surface area contributed by atoms with Gasteiger partial charge in [0, 0.05) is 11.4 Å². The number of nitrogens with one attached hydrogen (secondary N) is 1. The average Bonchev–Trinajstić information content (AvgIpc) is 3.11. The normalized spacial score (nSPS) is 18.2. The van der Waals surface area contributed by atoms with Gasteiger partial charge in [-0.15, -0.1) is 11.3 Å². The molecule has 8 heteroatoms. The second kappa shape index (κ2) is 8.49. The Balaban J connectivity index is 1.55. The molecule has 0 aliphatic heterocycles. The molecular formula is C21H26N4O2S2. The number of hydrogen-bond donors (Lipinski definition) is 1. The number of nitrogens with zero attached hydrogens (tertiary/aromatic N) is 3. The molecule has 0 radical (unpaired) electrons. The molecule has 1 fully saturated rings. The summed E-state index contributed by atoms with van der Waals surface area (Å²) in [5, 5.41) is 13.9. The summed E-state index contributed by atoms with van der Waals surface area (Å²) in [6.45, 7) is 2.46. The molecule has 2 heterocycles. The minimum absolute atomic E-state index is 0.0144. The standard InChI is InChI=1S/C21H26N4O2S2/c1-2-25-19(27)17-14-8-4-5-9-15(14)29-18(17)23-20(25)28-12-16(26)24-21(13-22)10-6-3-7-11-21/h2-12H2,1H3,(H,24,26). The van der Waals surface area contributed by atoms with E-state index in [2.05, 4.69) is 11.4 Å². The van der Waals surface area contributed by atoms with Gasteiger partial charge < -0.3 is 5.32 Å². The van der Waals surface area contributed by atoms with Crippen LogP contribution in [-0.2, 0) is 24.2 Å². The van der Waals surface area contributed by atoms with Crippen molar-refractivity contribution in [2.75, 3.05) is 5.75 Å². The summed E-state index contributed by atoms with van der Waals surface area (Å²) in [4.78, 5) is 32.6. The molecule has 29 heavy (non-hydrogen) atoms. The lowest BCUT2D eigenvalue weighted by Crippen LogP contribution is -2.49. The van der Waals surface area contributed by atoms with Crippen LogP contribution in [-0.4, -0.2) is 26.8 Å². The van der Waals surface area contributed by atoms with Crippen molar-refractivity contribution in [1.29, 1.82) is 5.26 Å². The molecule has 1 N–H and O–H groups in total. The number of thioether (sulfide) groups is 1. The quantitative estimate of drug-likeness (QED) is 0.576. The molecule has 1 saturated carbocycles. The third-order valence-corrected chi connectivity index (χ3v) is 8.15. The van der Waals surface area contributed by atoms with E-state index in [-0.39, 0.29) is 17.2 Å². The Morgan fingerprint density at radius 2 is 2.03 bits per heavy atom. The van der Waals surface area contributed by atoms with Crippen LogP contribution >= 0.6 is 23.1 Å². The first kappa shape index (κ1) is 20.4. The summed E-state index contributed by atoms with van der Waals surface area (Å²) in [5.74, 6) is -0.00662. The maximum absolute atomic E-state index is 13.1. The van der Waals surface area contributed by atoms with Gasteiger partial charge in [-0.25, -0.2) is 4.98 Å². The zero-order valence-corrected chi connectivity index (χ0v) is 18.4. The van der Waals surface area contributed by atoms with Gasteiger partial charge >= 0.3 is 0 Å². The Hall–Kier alpha value is -1.85. The number of carbonyl (C=O) groups excluding carboxylic acids is 1. The summed E-state index contributed by atoms with van der Waals surface area (Å²) in [5.41, 5.74) is 0.476. The van der Waals surface area contributed by atoms with Crippen LogP contribution in [0.1, 0.15) is 62.3 Å². The SMILES string of the molecule is CCn1c(SCC(=O)NC2(C#N)CCCCC2)nc2sc3c(c2c1=O)CCCC3. The van der Waals surface area contributed by atoms with Crippen molar-refractivity contribution in [3.8, 4) is 6.07 Å². The molecule has 0 unspecified atom stereocenters. The van der Waals surface area contributed by atoms with Gasteiger partial charge in [-0.2, -0.15) is 5.26 Å². The second-order valence-electron chi connectivity index (χ2n) is 7.93. The number of nitriles is 1. The summed E-state index contributed by atoms with van der Waals surface area (Å²) in [6.07, 6.45) is 8.77. The fraction of sp³-hybridized carbons (Fsp3) is 0.619. The zero-order chi connectivity index (χ0) is 20.4. The van der Waals surface area contributed by atoms with Gasteiger partial charge in [0.15, 0.2) is 5.16 Å². The second-order valence-corrected chi connectivity index (χ2v) is 9.95.